The highest BCUT2D eigenvalue weighted by atomic mass is 32.1. The minimum absolute atomic E-state index is 0.0251. The normalized spacial score (nSPS) is 26.9. The molecule has 2 saturated heterocycles. The average Bonchev–Trinajstić information content (AvgIpc) is 3.35. The number of Topliss-reactive ketones (excluding diaryl/α,β-unsaturated/α-hetero) is 1. The Morgan fingerprint density at radius 1 is 0.676 bits per heavy atom. The molecule has 2 aliphatic heterocycles. The summed E-state index contributed by atoms with van der Waals surface area (Å²) < 4.78 is 22.9. The molecule has 0 spiro atoms. The highest BCUT2D eigenvalue weighted by molar-refractivity contribution is 7.80. The molecule has 6 rings (SSSR count). The van der Waals surface area contributed by atoms with Gasteiger partial charge in [0.05, 0.1) is 29.9 Å². The number of phenolic OH excluding ortho intramolecular Hbond substituents is 5. The first-order valence-electron chi connectivity index (χ1n) is 24.1. The molecule has 3 unspecified atom stereocenters. The van der Waals surface area contributed by atoms with Crippen molar-refractivity contribution in [1.82, 2.24) is 4.90 Å². The SMILES string of the molecule is CC1C=C(O)C=CC1CCC(=S)c1c(O[C@@H]2OC(CO)[C@@H](O)[C@H](O)[C@H]2O)cc(O)c(CN(CCCCCC(=O)O)Cc2c(O)cc(O[C@H]3O[C@@H](CO)[C@H](O)[C@@H](O)[C@@H]3O)c(C(=O)CCc3ccc(O)cc3)c2O)c1O. The number of aliphatic carboxylic acids is 1. The third-order valence-electron chi connectivity index (χ3n) is 13.5. The van der Waals surface area contributed by atoms with Crippen LogP contribution in [0.15, 0.2) is 60.4 Å². The summed E-state index contributed by atoms with van der Waals surface area (Å²) in [6.07, 6.45) is -11.5. The smallest absolute Gasteiger partial charge is 0.303 e. The predicted octanol–water partition coefficient (Wildman–Crippen LogP) is 1.80. The second-order valence-corrected chi connectivity index (χ2v) is 19.3. The van der Waals surface area contributed by atoms with Crippen LogP contribution in [0.1, 0.15) is 84.5 Å². The Labute approximate surface area is 430 Å². The molecule has 0 saturated carbocycles. The molecule has 406 valence electrons. The summed E-state index contributed by atoms with van der Waals surface area (Å²) in [4.78, 5) is 27.2. The lowest BCUT2D eigenvalue weighted by Crippen LogP contribution is -2.60. The van der Waals surface area contributed by atoms with Gasteiger partial charge in [-0.05, 0) is 80.3 Å². The molecule has 2 fully saturated rings. The molecular formula is C51H65NO21S. The Morgan fingerprint density at radius 3 is 1.72 bits per heavy atom. The lowest BCUT2D eigenvalue weighted by atomic mass is 9.85. The van der Waals surface area contributed by atoms with Crippen molar-refractivity contribution in [3.8, 4) is 40.2 Å². The van der Waals surface area contributed by atoms with E-state index in [4.69, 9.17) is 31.2 Å². The molecular weight excluding hydrogens is 995 g/mol. The number of carboxylic acids is 1. The van der Waals surface area contributed by atoms with Crippen LogP contribution >= 0.6 is 12.2 Å². The van der Waals surface area contributed by atoms with Gasteiger partial charge in [-0.15, -0.1) is 0 Å². The van der Waals surface area contributed by atoms with Gasteiger partial charge in [0.15, 0.2) is 5.78 Å². The number of ether oxygens (including phenoxy) is 4. The molecule has 0 bridgehead atoms. The number of unbranched alkanes of at least 4 members (excludes halogenated alkanes) is 2. The first kappa shape index (κ1) is 57.6. The van der Waals surface area contributed by atoms with Crippen molar-refractivity contribution in [2.75, 3.05) is 19.8 Å². The molecule has 3 aromatic rings. The van der Waals surface area contributed by atoms with Gasteiger partial charge < -0.3 is 95.5 Å². The molecule has 0 amide bonds. The summed E-state index contributed by atoms with van der Waals surface area (Å²) in [6, 6.07) is 7.98. The number of carboxylic acid groups (broad SMARTS) is 1. The molecule has 3 aliphatic rings. The number of aromatic hydroxyl groups is 5. The molecule has 0 aromatic heterocycles. The summed E-state index contributed by atoms with van der Waals surface area (Å²) in [5, 5.41) is 160. The Bertz CT molecular complexity index is 2500. The van der Waals surface area contributed by atoms with Crippen molar-refractivity contribution < 1.29 is 105 Å². The van der Waals surface area contributed by atoms with E-state index in [2.05, 4.69) is 0 Å². The van der Waals surface area contributed by atoms with Gasteiger partial charge in [-0.1, -0.05) is 43.8 Å². The minimum atomic E-state index is -1.96. The topological polar surface area (TPSA) is 378 Å². The number of ketones is 1. The molecule has 23 heteroatoms. The second-order valence-electron chi connectivity index (χ2n) is 18.8. The lowest BCUT2D eigenvalue weighted by Gasteiger charge is -2.39. The van der Waals surface area contributed by atoms with E-state index in [0.29, 0.717) is 18.4 Å². The molecule has 15 N–H and O–H groups in total. The third kappa shape index (κ3) is 13.8. The van der Waals surface area contributed by atoms with Gasteiger partial charge >= 0.3 is 5.97 Å². The van der Waals surface area contributed by atoms with Crippen LogP contribution in [0.4, 0.5) is 0 Å². The summed E-state index contributed by atoms with van der Waals surface area (Å²) in [5.41, 5.74) is -0.521. The van der Waals surface area contributed by atoms with Crippen molar-refractivity contribution in [3.05, 3.63) is 88.2 Å². The maximum absolute atomic E-state index is 14.2. The molecule has 12 atom stereocenters. The van der Waals surface area contributed by atoms with Gasteiger partial charge in [0.2, 0.25) is 12.6 Å². The first-order chi connectivity index (χ1) is 35.1. The highest BCUT2D eigenvalue weighted by Crippen LogP contribution is 2.45. The van der Waals surface area contributed by atoms with Crippen molar-refractivity contribution in [3.63, 3.8) is 0 Å². The maximum atomic E-state index is 14.2. The zero-order valence-electron chi connectivity index (χ0n) is 40.3. The molecule has 1 aliphatic carbocycles. The number of hydrogen-bond donors (Lipinski definition) is 15. The number of nitrogens with zero attached hydrogens (tertiary/aromatic N) is 1. The van der Waals surface area contributed by atoms with Crippen LogP contribution < -0.4 is 9.47 Å². The fourth-order valence-electron chi connectivity index (χ4n) is 9.08. The maximum Gasteiger partial charge on any atom is 0.303 e. The quantitative estimate of drug-likeness (QED) is 0.0345. The van der Waals surface area contributed by atoms with Crippen LogP contribution in [0.25, 0.3) is 0 Å². The van der Waals surface area contributed by atoms with Crippen LogP contribution in [0.2, 0.25) is 0 Å². The Hall–Kier alpha value is -5.67. The largest absolute Gasteiger partial charge is 0.508 e. The van der Waals surface area contributed by atoms with Crippen molar-refractivity contribution >= 4 is 28.8 Å². The Kier molecular flexibility index (Phi) is 20.0. The number of phenols is 5. The third-order valence-corrected chi connectivity index (χ3v) is 13.9. The molecule has 22 nitrogen and oxygen atoms in total. The number of aliphatic hydroxyl groups is 9. The standard InChI is InChI=1S/C51H65NO21S/c1-24-17-28(56)13-9-26(24)10-15-38(74)41-35(71-51-49(69)47(67)45(65)37(23-54)73-51)19-33(59)30(43(41)63)21-52(16-4-2-3-5-39(60)61)20-29-32(58)18-34(70-50-48(68)46(66)44(64)36(22-53)72-50)40(42(29)62)31(57)14-8-25-6-11-27(55)12-7-25/h6-7,9,11-13,17-19,24,26,36-37,44-51,53-56,58-59,62-69H,2-5,8,10,14-16,20-23H2,1H3,(H,60,61)/t24?,26?,36-,37?,44-,45+,46+,47-,48-,49+,50-,51+/m0/s1. The van der Waals surface area contributed by atoms with E-state index >= 15 is 0 Å². The van der Waals surface area contributed by atoms with Crippen molar-refractivity contribution in [2.24, 2.45) is 11.8 Å². The summed E-state index contributed by atoms with van der Waals surface area (Å²) in [6.45, 7) is -0.517. The summed E-state index contributed by atoms with van der Waals surface area (Å²) >= 11 is 5.90. The Morgan fingerprint density at radius 2 is 1.20 bits per heavy atom. The van der Waals surface area contributed by atoms with E-state index in [-0.39, 0.29) is 95.7 Å². The average molecular weight is 1060 g/mol. The first-order valence-corrected chi connectivity index (χ1v) is 24.5. The summed E-state index contributed by atoms with van der Waals surface area (Å²) in [7, 11) is 0. The second kappa shape index (κ2) is 25.7. The number of aliphatic hydroxyl groups excluding tert-OH is 9. The lowest BCUT2D eigenvalue weighted by molar-refractivity contribution is -0.277. The van der Waals surface area contributed by atoms with Crippen LogP contribution in [0.3, 0.4) is 0 Å². The number of aryl methyl sites for hydroxylation is 1. The molecule has 2 heterocycles. The zero-order chi connectivity index (χ0) is 54.1. The fourth-order valence-corrected chi connectivity index (χ4v) is 9.40. The summed E-state index contributed by atoms with van der Waals surface area (Å²) in [5.74, 6) is -5.55. The van der Waals surface area contributed by atoms with Gasteiger partial charge in [0.1, 0.15) is 100 Å². The number of benzene rings is 3. The van der Waals surface area contributed by atoms with E-state index < -0.39 is 134 Å². The van der Waals surface area contributed by atoms with Crippen molar-refractivity contribution in [2.45, 2.75) is 133 Å². The van der Waals surface area contributed by atoms with Gasteiger partial charge in [-0.25, -0.2) is 0 Å². The van der Waals surface area contributed by atoms with E-state index in [9.17, 15) is 86.2 Å². The monoisotopic (exact) mass is 1060 g/mol. The van der Waals surface area contributed by atoms with E-state index in [1.54, 1.807) is 35.3 Å². The van der Waals surface area contributed by atoms with Gasteiger partial charge in [-0.3, -0.25) is 14.5 Å². The van der Waals surface area contributed by atoms with Gasteiger partial charge in [0, 0.05) is 42.9 Å². The van der Waals surface area contributed by atoms with Gasteiger partial charge in [-0.2, -0.15) is 0 Å². The number of rotatable bonds is 24. The molecule has 0 radical (unpaired) electrons. The van der Waals surface area contributed by atoms with E-state index in [0.717, 1.165) is 12.1 Å². The zero-order valence-corrected chi connectivity index (χ0v) is 41.1. The predicted molar refractivity (Wildman–Crippen MR) is 263 cm³/mol. The molecule has 3 aromatic carbocycles. The number of carbonyl (C=O) groups excluding carboxylic acids is 1. The van der Waals surface area contributed by atoms with Crippen LogP contribution in [0.5, 0.6) is 40.2 Å². The molecule has 74 heavy (non-hydrogen) atoms. The number of thiocarbonyl (C=S) groups is 1. The van der Waals surface area contributed by atoms with Crippen LogP contribution in [0, 0.1) is 11.8 Å². The number of allylic oxidation sites excluding steroid dienone is 3. The van der Waals surface area contributed by atoms with Crippen molar-refractivity contribution in [1.29, 1.82) is 0 Å². The number of carbonyl (C=O) groups is 2. The van der Waals surface area contributed by atoms with E-state index in [1.807, 2.05) is 6.92 Å². The fraction of sp³-hybridized carbons (Fsp3) is 0.510. The Balaban J connectivity index is 1.40. The van der Waals surface area contributed by atoms with E-state index in [1.165, 1.54) is 12.1 Å². The van der Waals surface area contributed by atoms with Crippen LogP contribution in [-0.2, 0) is 33.8 Å². The minimum Gasteiger partial charge on any atom is -0.508 e. The van der Waals surface area contributed by atoms with Crippen LogP contribution in [-0.4, -0.2) is 179 Å². The number of hydrogen-bond acceptors (Lipinski definition) is 22. The highest BCUT2D eigenvalue weighted by Gasteiger charge is 2.47. The van der Waals surface area contributed by atoms with Gasteiger partial charge in [0.25, 0.3) is 0 Å².